The number of nitrogens with zero attached hydrogens (tertiary/aromatic N) is 1. The molecule has 0 unspecified atom stereocenters. The lowest BCUT2D eigenvalue weighted by Crippen LogP contribution is -2.16. The van der Waals surface area contributed by atoms with E-state index in [0.29, 0.717) is 6.61 Å². The lowest BCUT2D eigenvalue weighted by molar-refractivity contribution is 0.0870. The van der Waals surface area contributed by atoms with Gasteiger partial charge in [0.2, 0.25) is 0 Å². The highest BCUT2D eigenvalue weighted by Crippen LogP contribution is 2.12. The molecule has 0 saturated heterocycles. The molecule has 0 fully saturated rings. The van der Waals surface area contributed by atoms with E-state index in [0.717, 1.165) is 13.0 Å². The van der Waals surface area contributed by atoms with Crippen molar-refractivity contribution in [2.24, 2.45) is 5.41 Å². The van der Waals surface area contributed by atoms with Crippen molar-refractivity contribution in [1.29, 1.82) is 5.26 Å². The van der Waals surface area contributed by atoms with Crippen LogP contribution in [0.5, 0.6) is 0 Å². The Morgan fingerprint density at radius 2 is 1.83 bits per heavy atom. The topological polar surface area (TPSA) is 33.0 Å². The van der Waals surface area contributed by atoms with E-state index in [1.165, 1.54) is 0 Å². The largest absolute Gasteiger partial charge is 0.380 e. The maximum atomic E-state index is 8.56. The fourth-order valence-corrected chi connectivity index (χ4v) is 0.504. The Morgan fingerprint density at radius 3 is 2.17 bits per heavy atom. The SMILES string of the molecule is CC.CCCOCC(C)(C)C#N. The van der Waals surface area contributed by atoms with Gasteiger partial charge in [-0.1, -0.05) is 20.8 Å². The molecule has 0 radical (unpaired) electrons. The molecule has 0 aliphatic heterocycles. The lowest BCUT2D eigenvalue weighted by atomic mass is 9.98. The normalized spacial score (nSPS) is 9.67. The standard InChI is InChI=1S/C8H15NO.C2H6/c1-4-5-10-7-8(2,3)6-9;1-2/h4-5,7H2,1-3H3;1-2H3. The van der Waals surface area contributed by atoms with Crippen LogP contribution in [-0.4, -0.2) is 13.2 Å². The average molecular weight is 171 g/mol. The van der Waals surface area contributed by atoms with E-state index in [1.54, 1.807) is 0 Å². The van der Waals surface area contributed by atoms with Crippen molar-refractivity contribution in [2.75, 3.05) is 13.2 Å². The Morgan fingerprint density at radius 1 is 1.33 bits per heavy atom. The summed E-state index contributed by atoms with van der Waals surface area (Å²) in [6.45, 7) is 11.1. The van der Waals surface area contributed by atoms with Crippen LogP contribution < -0.4 is 0 Å². The van der Waals surface area contributed by atoms with Crippen LogP contribution in [0.4, 0.5) is 0 Å². The molecule has 12 heavy (non-hydrogen) atoms. The molecule has 0 bridgehead atoms. The Kier molecular flexibility index (Phi) is 9.97. The zero-order valence-corrected chi connectivity index (χ0v) is 8.98. The van der Waals surface area contributed by atoms with E-state index in [2.05, 4.69) is 13.0 Å². The fourth-order valence-electron chi connectivity index (χ4n) is 0.504. The van der Waals surface area contributed by atoms with Crippen molar-refractivity contribution in [2.45, 2.75) is 41.0 Å². The minimum atomic E-state index is -0.324. The van der Waals surface area contributed by atoms with E-state index in [4.69, 9.17) is 10.00 Å². The molecule has 0 spiro atoms. The van der Waals surface area contributed by atoms with Crippen LogP contribution in [0.25, 0.3) is 0 Å². The maximum absolute atomic E-state index is 8.56. The fraction of sp³-hybridized carbons (Fsp3) is 0.900. The van der Waals surface area contributed by atoms with Crippen molar-refractivity contribution < 1.29 is 4.74 Å². The third-order valence-electron chi connectivity index (χ3n) is 1.11. The molecule has 0 rings (SSSR count). The molecule has 72 valence electrons. The summed E-state index contributed by atoms with van der Waals surface area (Å²) < 4.78 is 5.22. The smallest absolute Gasteiger partial charge is 0.0750 e. The Hall–Kier alpha value is -0.550. The summed E-state index contributed by atoms with van der Waals surface area (Å²) in [6.07, 6.45) is 1.02. The zero-order chi connectivity index (χ0) is 10.0. The summed E-state index contributed by atoms with van der Waals surface area (Å²) in [5, 5.41) is 8.56. The zero-order valence-electron chi connectivity index (χ0n) is 8.98. The van der Waals surface area contributed by atoms with Crippen LogP contribution in [-0.2, 0) is 4.74 Å². The number of nitriles is 1. The second-order valence-corrected chi connectivity index (χ2v) is 3.05. The van der Waals surface area contributed by atoms with E-state index >= 15 is 0 Å². The van der Waals surface area contributed by atoms with Gasteiger partial charge in [0.25, 0.3) is 0 Å². The number of ether oxygens (including phenoxy) is 1. The minimum absolute atomic E-state index is 0.324. The third-order valence-corrected chi connectivity index (χ3v) is 1.11. The van der Waals surface area contributed by atoms with E-state index in [1.807, 2.05) is 27.7 Å². The lowest BCUT2D eigenvalue weighted by Gasteiger charge is -2.14. The van der Waals surface area contributed by atoms with Crippen molar-refractivity contribution in [3.8, 4) is 6.07 Å². The molecule has 0 aliphatic carbocycles. The molecule has 0 aliphatic rings. The highest BCUT2D eigenvalue weighted by molar-refractivity contribution is 4.91. The minimum Gasteiger partial charge on any atom is -0.380 e. The van der Waals surface area contributed by atoms with Gasteiger partial charge in [-0.05, 0) is 20.3 Å². The van der Waals surface area contributed by atoms with Crippen molar-refractivity contribution in [3.05, 3.63) is 0 Å². The van der Waals surface area contributed by atoms with Gasteiger partial charge in [-0.25, -0.2) is 0 Å². The first-order chi connectivity index (χ1) is 5.62. The van der Waals surface area contributed by atoms with Crippen molar-refractivity contribution in [3.63, 3.8) is 0 Å². The van der Waals surface area contributed by atoms with Crippen LogP contribution in [0.1, 0.15) is 41.0 Å². The van der Waals surface area contributed by atoms with Gasteiger partial charge in [-0.15, -0.1) is 0 Å². The van der Waals surface area contributed by atoms with Gasteiger partial charge in [-0.2, -0.15) is 5.26 Å². The molecule has 0 saturated carbocycles. The van der Waals surface area contributed by atoms with Gasteiger partial charge in [0.1, 0.15) is 0 Å². The van der Waals surface area contributed by atoms with Crippen LogP contribution >= 0.6 is 0 Å². The summed E-state index contributed by atoms with van der Waals surface area (Å²) in [4.78, 5) is 0. The van der Waals surface area contributed by atoms with Gasteiger partial charge in [0, 0.05) is 6.61 Å². The van der Waals surface area contributed by atoms with Crippen molar-refractivity contribution >= 4 is 0 Å². The third kappa shape index (κ3) is 9.45. The van der Waals surface area contributed by atoms with E-state index < -0.39 is 0 Å². The number of hydrogen-bond donors (Lipinski definition) is 0. The van der Waals surface area contributed by atoms with Crippen LogP contribution in [0.2, 0.25) is 0 Å². The van der Waals surface area contributed by atoms with Gasteiger partial charge in [0.15, 0.2) is 0 Å². The first-order valence-electron chi connectivity index (χ1n) is 4.61. The highest BCUT2D eigenvalue weighted by Gasteiger charge is 2.15. The Labute approximate surface area is 76.5 Å². The van der Waals surface area contributed by atoms with Crippen LogP contribution in [0, 0.1) is 16.7 Å². The predicted molar refractivity (Wildman–Crippen MR) is 51.9 cm³/mol. The quantitative estimate of drug-likeness (QED) is 0.609. The second kappa shape index (κ2) is 8.55. The summed E-state index contributed by atoms with van der Waals surface area (Å²) >= 11 is 0. The van der Waals surface area contributed by atoms with Gasteiger partial charge in [0.05, 0.1) is 18.1 Å². The van der Waals surface area contributed by atoms with E-state index in [-0.39, 0.29) is 5.41 Å². The van der Waals surface area contributed by atoms with Gasteiger partial charge >= 0.3 is 0 Å². The summed E-state index contributed by atoms with van der Waals surface area (Å²) in [5.41, 5.74) is -0.324. The van der Waals surface area contributed by atoms with Gasteiger partial charge in [-0.3, -0.25) is 0 Å². The van der Waals surface area contributed by atoms with Crippen LogP contribution in [0.3, 0.4) is 0 Å². The average Bonchev–Trinajstić information content (AvgIpc) is 2.09. The second-order valence-electron chi connectivity index (χ2n) is 3.05. The molecule has 0 aromatic heterocycles. The first kappa shape index (κ1) is 14.0. The molecule has 0 atom stereocenters. The summed E-state index contributed by atoms with van der Waals surface area (Å²) in [7, 11) is 0. The van der Waals surface area contributed by atoms with Crippen molar-refractivity contribution in [1.82, 2.24) is 0 Å². The molecule has 2 heteroatoms. The summed E-state index contributed by atoms with van der Waals surface area (Å²) in [6, 6.07) is 2.18. The molecular weight excluding hydrogens is 150 g/mol. The molecular formula is C10H21NO. The molecule has 0 aromatic rings. The molecule has 0 aromatic carbocycles. The number of hydrogen-bond acceptors (Lipinski definition) is 2. The molecule has 2 nitrogen and oxygen atoms in total. The first-order valence-corrected chi connectivity index (χ1v) is 4.61. The molecule has 0 heterocycles. The molecule has 0 N–H and O–H groups in total. The number of rotatable bonds is 4. The Balaban J connectivity index is 0. The summed E-state index contributed by atoms with van der Waals surface area (Å²) in [5.74, 6) is 0. The van der Waals surface area contributed by atoms with E-state index in [9.17, 15) is 0 Å². The van der Waals surface area contributed by atoms with Gasteiger partial charge < -0.3 is 4.74 Å². The monoisotopic (exact) mass is 171 g/mol. The predicted octanol–water partition coefficient (Wildman–Crippen LogP) is 2.99. The highest BCUT2D eigenvalue weighted by atomic mass is 16.5. The van der Waals surface area contributed by atoms with Crippen LogP contribution in [0.15, 0.2) is 0 Å². The maximum Gasteiger partial charge on any atom is 0.0750 e. The Bertz CT molecular complexity index is 124. The molecule has 0 amide bonds.